The molecule has 2 aromatic heterocycles. The van der Waals surface area contributed by atoms with Gasteiger partial charge in [-0.05, 0) is 96.3 Å². The summed E-state index contributed by atoms with van der Waals surface area (Å²) in [6.07, 6.45) is 8.92. The molecule has 2 aliphatic rings. The summed E-state index contributed by atoms with van der Waals surface area (Å²) in [7, 11) is 0. The SMILES string of the molecule is CC(C)(C)C#Cc1cc(N(C(=O)[C@H]2CC[C@H](C)CC2)C2CCC(O)(COc3cccnc3)CC2)c(C(=O)O)s1. The molecule has 1 amide bonds. The van der Waals surface area contributed by atoms with E-state index in [0.717, 1.165) is 37.0 Å². The monoisotopic (exact) mass is 552 g/mol. The van der Waals surface area contributed by atoms with Crippen LogP contribution in [0.4, 0.5) is 5.69 Å². The minimum atomic E-state index is -1.05. The van der Waals surface area contributed by atoms with E-state index >= 15 is 0 Å². The number of carboxylic acids is 1. The van der Waals surface area contributed by atoms with Crippen LogP contribution in [0.3, 0.4) is 0 Å². The smallest absolute Gasteiger partial charge is 0.348 e. The van der Waals surface area contributed by atoms with E-state index in [-0.39, 0.29) is 34.8 Å². The second kappa shape index (κ2) is 12.1. The van der Waals surface area contributed by atoms with Gasteiger partial charge in [-0.2, -0.15) is 0 Å². The summed E-state index contributed by atoms with van der Waals surface area (Å²) in [5.41, 5.74) is -0.806. The molecule has 0 bridgehead atoms. The Kier molecular flexibility index (Phi) is 9.03. The van der Waals surface area contributed by atoms with Gasteiger partial charge in [0.15, 0.2) is 0 Å². The van der Waals surface area contributed by atoms with Crippen molar-refractivity contribution in [3.63, 3.8) is 0 Å². The van der Waals surface area contributed by atoms with Crippen LogP contribution in [0.1, 0.15) is 93.6 Å². The predicted molar refractivity (Wildman–Crippen MR) is 153 cm³/mol. The number of carboxylic acid groups (broad SMARTS) is 1. The van der Waals surface area contributed by atoms with Crippen molar-refractivity contribution in [3.8, 4) is 17.6 Å². The van der Waals surface area contributed by atoms with Crippen molar-refractivity contribution in [2.45, 2.75) is 90.7 Å². The fourth-order valence-electron chi connectivity index (χ4n) is 5.42. The van der Waals surface area contributed by atoms with Gasteiger partial charge < -0.3 is 19.8 Å². The lowest BCUT2D eigenvalue weighted by molar-refractivity contribution is -0.124. The lowest BCUT2D eigenvalue weighted by Crippen LogP contribution is -2.50. The van der Waals surface area contributed by atoms with Gasteiger partial charge in [0.2, 0.25) is 5.91 Å². The Morgan fingerprint density at radius 1 is 1.18 bits per heavy atom. The highest BCUT2D eigenvalue weighted by atomic mass is 32.1. The van der Waals surface area contributed by atoms with Crippen molar-refractivity contribution in [3.05, 3.63) is 40.3 Å². The van der Waals surface area contributed by atoms with Crippen molar-refractivity contribution in [1.82, 2.24) is 4.98 Å². The van der Waals surface area contributed by atoms with Crippen LogP contribution in [0.15, 0.2) is 30.6 Å². The molecule has 4 rings (SSSR count). The first-order valence-electron chi connectivity index (χ1n) is 13.9. The molecule has 0 spiro atoms. The van der Waals surface area contributed by atoms with Gasteiger partial charge in [-0.3, -0.25) is 9.78 Å². The van der Waals surface area contributed by atoms with E-state index in [1.54, 1.807) is 35.5 Å². The van der Waals surface area contributed by atoms with Crippen molar-refractivity contribution in [2.75, 3.05) is 11.5 Å². The molecule has 0 saturated heterocycles. The van der Waals surface area contributed by atoms with Crippen LogP contribution in [-0.2, 0) is 4.79 Å². The highest BCUT2D eigenvalue weighted by Gasteiger charge is 2.41. The predicted octanol–water partition coefficient (Wildman–Crippen LogP) is 6.15. The largest absolute Gasteiger partial charge is 0.489 e. The number of amides is 1. The topological polar surface area (TPSA) is 100.0 Å². The number of carbonyl (C=O) groups excluding carboxylic acids is 1. The third kappa shape index (κ3) is 7.61. The van der Waals surface area contributed by atoms with Crippen molar-refractivity contribution < 1.29 is 24.5 Å². The molecular weight excluding hydrogens is 512 g/mol. The number of rotatable bonds is 7. The van der Waals surface area contributed by atoms with Crippen LogP contribution < -0.4 is 9.64 Å². The molecule has 2 heterocycles. The van der Waals surface area contributed by atoms with E-state index in [0.29, 0.717) is 47.9 Å². The normalized spacial score (nSPS) is 25.3. The quantitative estimate of drug-likeness (QED) is 0.400. The summed E-state index contributed by atoms with van der Waals surface area (Å²) < 4.78 is 5.81. The summed E-state index contributed by atoms with van der Waals surface area (Å²) in [4.78, 5) is 33.0. The van der Waals surface area contributed by atoms with Crippen LogP contribution >= 0.6 is 11.3 Å². The third-order valence-electron chi connectivity index (χ3n) is 7.72. The zero-order valence-electron chi connectivity index (χ0n) is 23.4. The van der Waals surface area contributed by atoms with Gasteiger partial charge in [0.25, 0.3) is 0 Å². The molecule has 0 unspecified atom stereocenters. The van der Waals surface area contributed by atoms with E-state index < -0.39 is 11.6 Å². The average molecular weight is 553 g/mol. The number of ether oxygens (including phenoxy) is 1. The van der Waals surface area contributed by atoms with Crippen LogP contribution in [0.2, 0.25) is 0 Å². The first-order valence-corrected chi connectivity index (χ1v) is 14.7. The fourth-order valence-corrected chi connectivity index (χ4v) is 6.26. The van der Waals surface area contributed by atoms with Crippen LogP contribution in [-0.4, -0.2) is 45.3 Å². The Bertz CT molecular complexity index is 1210. The Hall–Kier alpha value is -2.89. The highest BCUT2D eigenvalue weighted by molar-refractivity contribution is 7.15. The summed E-state index contributed by atoms with van der Waals surface area (Å²) in [6.45, 7) is 8.38. The number of aromatic nitrogens is 1. The lowest BCUT2D eigenvalue weighted by atomic mass is 9.79. The molecule has 0 aromatic carbocycles. The number of aromatic carboxylic acids is 1. The standard InChI is InChI=1S/C31H40N2O5S/c1-21-7-9-22(10-8-21)28(34)33(26-18-25(13-14-30(2,3)4)39-27(26)29(35)36)23-11-15-31(37,16-12-23)20-38-24-6-5-17-32-19-24/h5-6,17-19,21-23,37H,7-12,15-16,20H2,1-4H3,(H,35,36)/t21-,22-,23?,31?. The summed E-state index contributed by atoms with van der Waals surface area (Å²) >= 11 is 1.13. The maximum atomic E-state index is 14.1. The molecule has 2 saturated carbocycles. The van der Waals surface area contributed by atoms with Crippen LogP contribution in [0.25, 0.3) is 0 Å². The number of hydrogen-bond donors (Lipinski definition) is 2. The number of hydrogen-bond acceptors (Lipinski definition) is 6. The molecule has 210 valence electrons. The number of aliphatic hydroxyl groups is 1. The molecule has 0 aliphatic heterocycles. The number of anilines is 1. The first-order chi connectivity index (χ1) is 18.4. The number of thiophene rings is 1. The summed E-state index contributed by atoms with van der Waals surface area (Å²) in [5, 5.41) is 21.4. The molecule has 7 nitrogen and oxygen atoms in total. The van der Waals surface area contributed by atoms with E-state index in [9.17, 15) is 19.8 Å². The zero-order valence-corrected chi connectivity index (χ0v) is 24.2. The highest BCUT2D eigenvalue weighted by Crippen LogP contribution is 2.40. The van der Waals surface area contributed by atoms with Crippen molar-refractivity contribution in [2.24, 2.45) is 17.3 Å². The average Bonchev–Trinajstić information content (AvgIpc) is 3.33. The van der Waals surface area contributed by atoms with E-state index in [4.69, 9.17) is 4.74 Å². The van der Waals surface area contributed by atoms with Gasteiger partial charge in [0.1, 0.15) is 17.2 Å². The lowest BCUT2D eigenvalue weighted by Gasteiger charge is -2.42. The Labute approximate surface area is 235 Å². The van der Waals surface area contributed by atoms with Gasteiger partial charge in [0, 0.05) is 23.6 Å². The minimum absolute atomic E-state index is 0.000389. The molecule has 0 radical (unpaired) electrons. The van der Waals surface area contributed by atoms with Gasteiger partial charge in [-0.1, -0.05) is 18.8 Å². The van der Waals surface area contributed by atoms with Crippen LogP contribution in [0.5, 0.6) is 5.75 Å². The van der Waals surface area contributed by atoms with Gasteiger partial charge in [-0.25, -0.2) is 4.79 Å². The van der Waals surface area contributed by atoms with Crippen LogP contribution in [0, 0.1) is 29.1 Å². The van der Waals surface area contributed by atoms with Crippen molar-refractivity contribution >= 4 is 28.9 Å². The molecular formula is C31H40N2O5S. The maximum Gasteiger partial charge on any atom is 0.348 e. The Balaban J connectivity index is 1.60. The molecule has 2 fully saturated rings. The van der Waals surface area contributed by atoms with Crippen molar-refractivity contribution in [1.29, 1.82) is 0 Å². The summed E-state index contributed by atoms with van der Waals surface area (Å²) in [6, 6.07) is 5.17. The molecule has 39 heavy (non-hydrogen) atoms. The van der Waals surface area contributed by atoms with Gasteiger partial charge >= 0.3 is 5.97 Å². The number of nitrogens with zero attached hydrogens (tertiary/aromatic N) is 2. The molecule has 0 atom stereocenters. The van der Waals surface area contributed by atoms with E-state index in [1.807, 2.05) is 20.8 Å². The number of pyridine rings is 1. The molecule has 2 N–H and O–H groups in total. The second-order valence-electron chi connectivity index (χ2n) is 12.2. The molecule has 8 heteroatoms. The Morgan fingerprint density at radius 3 is 2.46 bits per heavy atom. The second-order valence-corrected chi connectivity index (χ2v) is 13.3. The molecule has 2 aliphatic carbocycles. The van der Waals surface area contributed by atoms with Gasteiger partial charge in [-0.15, -0.1) is 11.3 Å². The minimum Gasteiger partial charge on any atom is -0.489 e. The van der Waals surface area contributed by atoms with E-state index in [1.165, 1.54) is 0 Å². The third-order valence-corrected chi connectivity index (χ3v) is 8.75. The zero-order chi connectivity index (χ0) is 28.2. The Morgan fingerprint density at radius 2 is 1.87 bits per heavy atom. The fraction of sp³-hybridized carbons (Fsp3) is 0.581. The maximum absolute atomic E-state index is 14.1. The number of carbonyl (C=O) groups is 2. The van der Waals surface area contributed by atoms with E-state index in [2.05, 4.69) is 23.7 Å². The summed E-state index contributed by atoms with van der Waals surface area (Å²) in [5.74, 6) is 6.34. The molecule has 2 aromatic rings. The van der Waals surface area contributed by atoms with Gasteiger partial charge in [0.05, 0.1) is 22.4 Å². The first kappa shape index (κ1) is 29.1.